The van der Waals surface area contributed by atoms with Gasteiger partial charge in [0.25, 0.3) is 0 Å². The Morgan fingerprint density at radius 2 is 1.68 bits per heavy atom. The van der Waals surface area contributed by atoms with Crippen LogP contribution in [0, 0.1) is 0 Å². The minimum Gasteiger partial charge on any atom is -0.368 e. The predicted molar refractivity (Wildman–Crippen MR) is 117 cm³/mol. The number of hydrogen-bond donors (Lipinski definition) is 0. The predicted octanol–water partition coefficient (Wildman–Crippen LogP) is 4.61. The van der Waals surface area contributed by atoms with Crippen LogP contribution in [0.25, 0.3) is 0 Å². The summed E-state index contributed by atoms with van der Waals surface area (Å²) in [6.07, 6.45) is 1.85. The van der Waals surface area contributed by atoms with Crippen LogP contribution >= 0.6 is 11.6 Å². The van der Waals surface area contributed by atoms with Gasteiger partial charge in [-0.25, -0.2) is 4.98 Å². The summed E-state index contributed by atoms with van der Waals surface area (Å²) in [5.41, 5.74) is 2.28. The highest BCUT2D eigenvalue weighted by Gasteiger charge is 2.20. The maximum atomic E-state index is 6.14. The molecule has 1 aromatic heterocycles. The number of benzene rings is 2. The van der Waals surface area contributed by atoms with Crippen molar-refractivity contribution in [2.45, 2.75) is 6.92 Å². The van der Waals surface area contributed by atoms with Crippen molar-refractivity contribution in [1.82, 2.24) is 9.97 Å². The number of rotatable bonds is 5. The molecule has 2 aromatic carbocycles. The van der Waals surface area contributed by atoms with Crippen molar-refractivity contribution in [3.63, 3.8) is 0 Å². The molecule has 0 saturated carbocycles. The summed E-state index contributed by atoms with van der Waals surface area (Å²) < 4.78 is 0. The maximum absolute atomic E-state index is 6.14. The molecule has 4 rings (SSSR count). The number of para-hydroxylation sites is 1. The first kappa shape index (κ1) is 18.6. The molecule has 1 saturated heterocycles. The molecule has 0 atom stereocenters. The van der Waals surface area contributed by atoms with Gasteiger partial charge in [0.1, 0.15) is 5.82 Å². The summed E-state index contributed by atoms with van der Waals surface area (Å²) in [6.45, 7) is 6.65. The second kappa shape index (κ2) is 8.48. The molecule has 0 radical (unpaired) electrons. The van der Waals surface area contributed by atoms with E-state index in [-0.39, 0.29) is 0 Å². The number of nitrogens with zero attached hydrogens (tertiary/aromatic N) is 5. The standard InChI is InChI=1S/C22H24ClN5/c1-2-28(19-8-4-3-5-9-19)22-24-12-11-21(25-22)27-15-13-26(14-16-27)20-10-6-7-18(23)17-20/h3-12,17H,2,13-16H2,1H3. The summed E-state index contributed by atoms with van der Waals surface area (Å²) in [5.74, 6) is 1.72. The van der Waals surface area contributed by atoms with E-state index in [2.05, 4.69) is 44.8 Å². The zero-order chi connectivity index (χ0) is 19.3. The Morgan fingerprint density at radius 3 is 2.39 bits per heavy atom. The van der Waals surface area contributed by atoms with Crippen molar-refractivity contribution in [3.05, 3.63) is 71.9 Å². The molecule has 0 unspecified atom stereocenters. The Bertz CT molecular complexity index is 910. The van der Waals surface area contributed by atoms with Gasteiger partial charge in [-0.2, -0.15) is 4.98 Å². The van der Waals surface area contributed by atoms with E-state index in [1.807, 2.05) is 48.7 Å². The van der Waals surface area contributed by atoms with Gasteiger partial charge < -0.3 is 14.7 Å². The number of piperazine rings is 1. The molecule has 1 aliphatic rings. The number of halogens is 1. The molecule has 0 bridgehead atoms. The number of anilines is 4. The van der Waals surface area contributed by atoms with E-state index in [9.17, 15) is 0 Å². The van der Waals surface area contributed by atoms with Crippen LogP contribution in [0.5, 0.6) is 0 Å². The van der Waals surface area contributed by atoms with Gasteiger partial charge in [0.15, 0.2) is 0 Å². The molecule has 28 heavy (non-hydrogen) atoms. The average Bonchev–Trinajstić information content (AvgIpc) is 2.75. The normalized spacial score (nSPS) is 14.2. The lowest BCUT2D eigenvalue weighted by atomic mass is 10.2. The quantitative estimate of drug-likeness (QED) is 0.632. The summed E-state index contributed by atoms with van der Waals surface area (Å²) in [4.78, 5) is 16.2. The third-order valence-corrected chi connectivity index (χ3v) is 5.27. The van der Waals surface area contributed by atoms with Crippen molar-refractivity contribution in [1.29, 1.82) is 0 Å². The monoisotopic (exact) mass is 393 g/mol. The zero-order valence-corrected chi connectivity index (χ0v) is 16.8. The van der Waals surface area contributed by atoms with Gasteiger partial charge in [0.05, 0.1) is 0 Å². The minimum atomic E-state index is 0.739. The van der Waals surface area contributed by atoms with Crippen molar-refractivity contribution in [3.8, 4) is 0 Å². The van der Waals surface area contributed by atoms with Crippen LogP contribution < -0.4 is 14.7 Å². The first-order chi connectivity index (χ1) is 13.7. The van der Waals surface area contributed by atoms with E-state index in [1.165, 1.54) is 5.69 Å². The summed E-state index contributed by atoms with van der Waals surface area (Å²) in [5, 5.41) is 0.779. The van der Waals surface area contributed by atoms with Crippen LogP contribution in [-0.2, 0) is 0 Å². The zero-order valence-electron chi connectivity index (χ0n) is 16.0. The largest absolute Gasteiger partial charge is 0.368 e. The third-order valence-electron chi connectivity index (χ3n) is 5.03. The Hall–Kier alpha value is -2.79. The van der Waals surface area contributed by atoms with E-state index in [0.717, 1.165) is 55.2 Å². The Kier molecular flexibility index (Phi) is 5.63. The average molecular weight is 394 g/mol. The fraction of sp³-hybridized carbons (Fsp3) is 0.273. The molecule has 0 aliphatic carbocycles. The molecule has 1 aliphatic heterocycles. The highest BCUT2D eigenvalue weighted by Crippen LogP contribution is 2.25. The van der Waals surface area contributed by atoms with Gasteiger partial charge in [-0.3, -0.25) is 0 Å². The molecular weight excluding hydrogens is 370 g/mol. The first-order valence-electron chi connectivity index (χ1n) is 9.65. The molecule has 1 fully saturated rings. The smallest absolute Gasteiger partial charge is 0.231 e. The molecule has 0 spiro atoms. The SMILES string of the molecule is CCN(c1ccccc1)c1nccc(N2CCN(c3cccc(Cl)c3)CC2)n1. The lowest BCUT2D eigenvalue weighted by Crippen LogP contribution is -2.46. The summed E-state index contributed by atoms with van der Waals surface area (Å²) in [6, 6.07) is 20.3. The van der Waals surface area contributed by atoms with Crippen LogP contribution in [0.2, 0.25) is 5.02 Å². The van der Waals surface area contributed by atoms with Crippen LogP contribution in [0.3, 0.4) is 0 Å². The lowest BCUT2D eigenvalue weighted by molar-refractivity contribution is 0.646. The van der Waals surface area contributed by atoms with Gasteiger partial charge in [-0.05, 0) is 43.3 Å². The van der Waals surface area contributed by atoms with Crippen LogP contribution in [0.15, 0.2) is 66.9 Å². The van der Waals surface area contributed by atoms with E-state index in [4.69, 9.17) is 16.6 Å². The van der Waals surface area contributed by atoms with E-state index in [0.29, 0.717) is 0 Å². The van der Waals surface area contributed by atoms with Gasteiger partial charge in [-0.15, -0.1) is 0 Å². The van der Waals surface area contributed by atoms with E-state index in [1.54, 1.807) is 0 Å². The fourth-order valence-electron chi connectivity index (χ4n) is 3.56. The van der Waals surface area contributed by atoms with Gasteiger partial charge in [0, 0.05) is 55.3 Å². The van der Waals surface area contributed by atoms with Crippen LogP contribution in [-0.4, -0.2) is 42.7 Å². The van der Waals surface area contributed by atoms with Crippen LogP contribution in [0.4, 0.5) is 23.1 Å². The summed E-state index contributed by atoms with van der Waals surface area (Å²) >= 11 is 6.14. The molecule has 3 aromatic rings. The molecular formula is C22H24ClN5. The second-order valence-corrected chi connectivity index (χ2v) is 7.19. The lowest BCUT2D eigenvalue weighted by Gasteiger charge is -2.37. The molecule has 6 heteroatoms. The molecule has 2 heterocycles. The topological polar surface area (TPSA) is 35.5 Å². The van der Waals surface area contributed by atoms with Crippen molar-refractivity contribution >= 4 is 34.7 Å². The van der Waals surface area contributed by atoms with Crippen molar-refractivity contribution in [2.75, 3.05) is 47.4 Å². The minimum absolute atomic E-state index is 0.739. The highest BCUT2D eigenvalue weighted by atomic mass is 35.5. The number of aromatic nitrogens is 2. The first-order valence-corrected chi connectivity index (χ1v) is 10.0. The molecule has 5 nitrogen and oxygen atoms in total. The third kappa shape index (κ3) is 4.04. The van der Waals surface area contributed by atoms with Crippen molar-refractivity contribution in [2.24, 2.45) is 0 Å². The van der Waals surface area contributed by atoms with E-state index >= 15 is 0 Å². The van der Waals surface area contributed by atoms with Crippen molar-refractivity contribution < 1.29 is 0 Å². The van der Waals surface area contributed by atoms with Gasteiger partial charge >= 0.3 is 0 Å². The fourth-order valence-corrected chi connectivity index (χ4v) is 3.74. The Labute approximate surface area is 171 Å². The Morgan fingerprint density at radius 1 is 0.929 bits per heavy atom. The van der Waals surface area contributed by atoms with Gasteiger partial charge in [-0.1, -0.05) is 35.9 Å². The second-order valence-electron chi connectivity index (χ2n) is 6.75. The molecule has 0 N–H and O–H groups in total. The maximum Gasteiger partial charge on any atom is 0.231 e. The highest BCUT2D eigenvalue weighted by molar-refractivity contribution is 6.30. The molecule has 0 amide bonds. The number of hydrogen-bond acceptors (Lipinski definition) is 5. The molecule has 144 valence electrons. The van der Waals surface area contributed by atoms with Gasteiger partial charge in [0.2, 0.25) is 5.95 Å². The Balaban J connectivity index is 1.48. The van der Waals surface area contributed by atoms with E-state index < -0.39 is 0 Å². The summed E-state index contributed by atoms with van der Waals surface area (Å²) in [7, 11) is 0. The van der Waals surface area contributed by atoms with Crippen LogP contribution in [0.1, 0.15) is 6.92 Å².